The summed E-state index contributed by atoms with van der Waals surface area (Å²) >= 11 is 2.80. The van der Waals surface area contributed by atoms with Gasteiger partial charge in [0.1, 0.15) is 11.6 Å². The number of thioether (sulfide) groups is 1. The van der Waals surface area contributed by atoms with Gasteiger partial charge in [0.15, 0.2) is 4.34 Å². The SMILES string of the molecule is O=C(CSc1nc2ccccc2s1)Nc1cc(=O)[nH]c(=O)n1Cc1ccco1. The highest BCUT2D eigenvalue weighted by Gasteiger charge is 2.13. The van der Waals surface area contributed by atoms with Crippen LogP contribution < -0.4 is 16.6 Å². The third kappa shape index (κ3) is 4.07. The van der Waals surface area contributed by atoms with E-state index in [9.17, 15) is 14.4 Å². The molecule has 4 aromatic rings. The summed E-state index contributed by atoms with van der Waals surface area (Å²) in [5.41, 5.74) is -0.329. The predicted octanol–water partition coefficient (Wildman–Crippen LogP) is 2.52. The van der Waals surface area contributed by atoms with E-state index in [0.29, 0.717) is 5.76 Å². The minimum absolute atomic E-state index is 0.0865. The lowest BCUT2D eigenvalue weighted by atomic mass is 10.3. The number of fused-ring (bicyclic) bond motifs is 1. The van der Waals surface area contributed by atoms with Crippen molar-refractivity contribution in [3.05, 3.63) is 75.3 Å². The number of aromatic nitrogens is 3. The lowest BCUT2D eigenvalue weighted by Crippen LogP contribution is -2.33. The number of carbonyl (C=O) groups is 1. The summed E-state index contributed by atoms with van der Waals surface area (Å²) in [6, 6.07) is 12.3. The van der Waals surface area contributed by atoms with Crippen LogP contribution in [0.25, 0.3) is 10.2 Å². The predicted molar refractivity (Wildman–Crippen MR) is 108 cm³/mol. The van der Waals surface area contributed by atoms with Crippen LogP contribution in [-0.4, -0.2) is 26.2 Å². The van der Waals surface area contributed by atoms with Crippen molar-refractivity contribution in [1.82, 2.24) is 14.5 Å². The molecule has 4 rings (SSSR count). The van der Waals surface area contributed by atoms with E-state index in [0.717, 1.165) is 14.6 Å². The summed E-state index contributed by atoms with van der Waals surface area (Å²) in [7, 11) is 0. The summed E-state index contributed by atoms with van der Waals surface area (Å²) in [6.45, 7) is 0.0865. The third-order valence-electron chi connectivity index (χ3n) is 3.80. The fraction of sp³-hybridized carbons (Fsp3) is 0.111. The van der Waals surface area contributed by atoms with E-state index >= 15 is 0 Å². The van der Waals surface area contributed by atoms with Crippen LogP contribution in [0.3, 0.4) is 0 Å². The topological polar surface area (TPSA) is 110 Å². The monoisotopic (exact) mass is 414 g/mol. The molecule has 1 amide bonds. The molecular formula is C18H14N4O4S2. The lowest BCUT2D eigenvalue weighted by Gasteiger charge is -2.11. The van der Waals surface area contributed by atoms with Crippen LogP contribution in [0.15, 0.2) is 67.1 Å². The fourth-order valence-electron chi connectivity index (χ4n) is 2.56. The van der Waals surface area contributed by atoms with Crippen LogP contribution in [0.2, 0.25) is 0 Å². The van der Waals surface area contributed by atoms with Gasteiger partial charge in [0.2, 0.25) is 5.91 Å². The molecule has 0 unspecified atom stereocenters. The molecule has 0 spiro atoms. The molecule has 1 aromatic carbocycles. The Morgan fingerprint density at radius 2 is 2.11 bits per heavy atom. The Morgan fingerprint density at radius 3 is 2.89 bits per heavy atom. The molecule has 3 aromatic heterocycles. The molecule has 3 heterocycles. The number of benzene rings is 1. The van der Waals surface area contributed by atoms with Crippen molar-refractivity contribution < 1.29 is 9.21 Å². The molecule has 0 saturated heterocycles. The molecule has 0 bridgehead atoms. The van der Waals surface area contributed by atoms with Gasteiger partial charge in [-0.2, -0.15) is 0 Å². The van der Waals surface area contributed by atoms with Gasteiger partial charge in [0.25, 0.3) is 5.56 Å². The van der Waals surface area contributed by atoms with Gasteiger partial charge >= 0.3 is 5.69 Å². The van der Waals surface area contributed by atoms with Gasteiger partial charge in [-0.15, -0.1) is 11.3 Å². The molecule has 28 heavy (non-hydrogen) atoms. The molecule has 0 fully saturated rings. The normalized spacial score (nSPS) is 11.0. The van der Waals surface area contributed by atoms with Crippen molar-refractivity contribution in [1.29, 1.82) is 0 Å². The maximum atomic E-state index is 12.4. The van der Waals surface area contributed by atoms with Gasteiger partial charge in [-0.05, 0) is 24.3 Å². The molecule has 8 nitrogen and oxygen atoms in total. The average Bonchev–Trinajstić information content (AvgIpc) is 3.32. The second-order valence-electron chi connectivity index (χ2n) is 5.77. The molecule has 0 aliphatic carbocycles. The van der Waals surface area contributed by atoms with E-state index in [4.69, 9.17) is 4.42 Å². The number of hydrogen-bond acceptors (Lipinski definition) is 7. The maximum absolute atomic E-state index is 12.4. The zero-order chi connectivity index (χ0) is 19.5. The Balaban J connectivity index is 1.49. The van der Waals surface area contributed by atoms with Crippen LogP contribution in [0, 0.1) is 0 Å². The minimum Gasteiger partial charge on any atom is -0.467 e. The number of para-hydroxylation sites is 1. The van der Waals surface area contributed by atoms with E-state index in [1.165, 1.54) is 40.0 Å². The Morgan fingerprint density at radius 1 is 1.25 bits per heavy atom. The van der Waals surface area contributed by atoms with Crippen LogP contribution >= 0.6 is 23.1 Å². The number of hydrogen-bond donors (Lipinski definition) is 2. The van der Waals surface area contributed by atoms with E-state index in [-0.39, 0.29) is 24.0 Å². The largest absolute Gasteiger partial charge is 0.467 e. The van der Waals surface area contributed by atoms with Crippen molar-refractivity contribution in [2.24, 2.45) is 0 Å². The third-order valence-corrected chi connectivity index (χ3v) is 5.98. The van der Waals surface area contributed by atoms with Crippen molar-refractivity contribution in [3.63, 3.8) is 0 Å². The summed E-state index contributed by atoms with van der Waals surface area (Å²) in [5, 5.41) is 2.63. The standard InChI is InChI=1S/C18H14N4O4S2/c23-15-8-14(22(17(25)21-15)9-11-4-3-7-26-11)20-16(24)10-27-18-19-12-5-1-2-6-13(12)28-18/h1-8H,9-10H2,(H,20,24)(H,21,23,25). The summed E-state index contributed by atoms with van der Waals surface area (Å²) in [4.78, 5) is 42.8. The molecule has 2 N–H and O–H groups in total. The van der Waals surface area contributed by atoms with Crippen LogP contribution in [0.5, 0.6) is 0 Å². The Hall–Kier alpha value is -3.11. The van der Waals surface area contributed by atoms with Gasteiger partial charge in [0.05, 0.1) is 28.8 Å². The van der Waals surface area contributed by atoms with Crippen LogP contribution in [0.4, 0.5) is 5.82 Å². The van der Waals surface area contributed by atoms with E-state index in [1.54, 1.807) is 12.1 Å². The molecule has 0 aliphatic rings. The highest BCUT2D eigenvalue weighted by Crippen LogP contribution is 2.29. The first-order valence-corrected chi connectivity index (χ1v) is 10.0. The summed E-state index contributed by atoms with van der Waals surface area (Å²) < 4.78 is 8.30. The van der Waals surface area contributed by atoms with Gasteiger partial charge in [-0.25, -0.2) is 9.78 Å². The number of rotatable bonds is 6. The number of furan rings is 1. The number of thiazole rings is 1. The van der Waals surface area contributed by atoms with E-state index in [2.05, 4.69) is 15.3 Å². The Bertz CT molecular complexity index is 1210. The first kappa shape index (κ1) is 18.3. The second-order valence-corrected chi connectivity index (χ2v) is 8.03. The highest BCUT2D eigenvalue weighted by molar-refractivity contribution is 8.01. The lowest BCUT2D eigenvalue weighted by molar-refractivity contribution is -0.113. The van der Waals surface area contributed by atoms with Gasteiger partial charge in [-0.1, -0.05) is 23.9 Å². The van der Waals surface area contributed by atoms with E-state index in [1.807, 2.05) is 24.3 Å². The Labute approximate surface area is 166 Å². The second kappa shape index (κ2) is 7.87. The molecule has 0 aliphatic heterocycles. The zero-order valence-corrected chi connectivity index (χ0v) is 16.0. The quantitative estimate of drug-likeness (QED) is 0.469. The molecular weight excluding hydrogens is 400 g/mol. The average molecular weight is 414 g/mol. The number of aromatic amines is 1. The van der Waals surface area contributed by atoms with Gasteiger partial charge in [0, 0.05) is 6.07 Å². The van der Waals surface area contributed by atoms with Crippen molar-refractivity contribution in [2.45, 2.75) is 10.9 Å². The summed E-state index contributed by atoms with van der Waals surface area (Å²) in [6.07, 6.45) is 1.49. The number of anilines is 1. The maximum Gasteiger partial charge on any atom is 0.330 e. The van der Waals surface area contributed by atoms with Crippen molar-refractivity contribution >= 4 is 45.0 Å². The highest BCUT2D eigenvalue weighted by atomic mass is 32.2. The van der Waals surface area contributed by atoms with Crippen LogP contribution in [-0.2, 0) is 11.3 Å². The molecule has 0 atom stereocenters. The molecule has 10 heteroatoms. The number of H-pyrrole nitrogens is 1. The van der Waals surface area contributed by atoms with E-state index < -0.39 is 11.2 Å². The van der Waals surface area contributed by atoms with Crippen molar-refractivity contribution in [3.8, 4) is 0 Å². The number of nitrogens with zero attached hydrogens (tertiary/aromatic N) is 2. The molecule has 0 radical (unpaired) electrons. The van der Waals surface area contributed by atoms with Crippen molar-refractivity contribution in [2.75, 3.05) is 11.1 Å². The van der Waals surface area contributed by atoms with Crippen LogP contribution in [0.1, 0.15) is 5.76 Å². The number of nitrogens with one attached hydrogen (secondary N) is 2. The Kier molecular flexibility index (Phi) is 5.13. The molecule has 0 saturated carbocycles. The number of carbonyl (C=O) groups excluding carboxylic acids is 1. The minimum atomic E-state index is -0.627. The summed E-state index contributed by atoms with van der Waals surface area (Å²) in [5.74, 6) is 0.387. The van der Waals surface area contributed by atoms with Gasteiger partial charge < -0.3 is 9.73 Å². The smallest absolute Gasteiger partial charge is 0.330 e. The first-order valence-electron chi connectivity index (χ1n) is 8.23. The van der Waals surface area contributed by atoms with Gasteiger partial charge in [-0.3, -0.25) is 19.1 Å². The zero-order valence-electron chi connectivity index (χ0n) is 14.4. The first-order chi connectivity index (χ1) is 13.6. The molecule has 142 valence electrons. The fourth-order valence-corrected chi connectivity index (χ4v) is 4.43. The number of amides is 1.